The van der Waals surface area contributed by atoms with Gasteiger partial charge in [-0.05, 0) is 103 Å². The summed E-state index contributed by atoms with van der Waals surface area (Å²) in [6.45, 7) is 0. The number of fused-ring (bicyclic) bond motifs is 6. The van der Waals surface area contributed by atoms with Crippen molar-refractivity contribution in [2.45, 2.75) is 0 Å². The molecule has 12 rings (SSSR count). The maximum atomic E-state index is 15.7. The van der Waals surface area contributed by atoms with Crippen LogP contribution in [0.15, 0.2) is 188 Å². The summed E-state index contributed by atoms with van der Waals surface area (Å²) in [6.07, 6.45) is 0. The van der Waals surface area contributed by atoms with Crippen molar-refractivity contribution in [2.75, 3.05) is 0 Å². The Bertz CT molecular complexity index is 3520. The van der Waals surface area contributed by atoms with Gasteiger partial charge >= 0.3 is 0 Å². The molecule has 56 heavy (non-hydrogen) atoms. The van der Waals surface area contributed by atoms with Crippen LogP contribution in [-0.4, -0.2) is 0 Å². The van der Waals surface area contributed by atoms with Gasteiger partial charge in [0.15, 0.2) is 7.14 Å². The molecule has 1 nitrogen and oxygen atoms in total. The van der Waals surface area contributed by atoms with E-state index in [0.29, 0.717) is 0 Å². The molecule has 2 heterocycles. The number of hydrogen-bond acceptors (Lipinski definition) is 3. The molecule has 0 N–H and O–H groups in total. The van der Waals surface area contributed by atoms with Crippen LogP contribution in [0.4, 0.5) is 0 Å². The van der Waals surface area contributed by atoms with E-state index in [1.54, 1.807) is 0 Å². The molecule has 0 amide bonds. The van der Waals surface area contributed by atoms with Gasteiger partial charge in [0.2, 0.25) is 0 Å². The fraction of sp³-hybridized carbons (Fsp3) is 0. The largest absolute Gasteiger partial charge is 0.309 e. The molecule has 0 spiro atoms. The highest BCUT2D eigenvalue weighted by molar-refractivity contribution is 7.85. The van der Waals surface area contributed by atoms with Gasteiger partial charge < -0.3 is 4.57 Å². The summed E-state index contributed by atoms with van der Waals surface area (Å²) in [5, 5.41) is 14.8. The third-order valence-corrected chi connectivity index (χ3v) is 17.1. The van der Waals surface area contributed by atoms with Crippen LogP contribution in [0.1, 0.15) is 0 Å². The molecule has 0 aliphatic heterocycles. The van der Waals surface area contributed by atoms with Crippen LogP contribution in [0, 0.1) is 0 Å². The van der Waals surface area contributed by atoms with Crippen LogP contribution in [0.3, 0.4) is 0 Å². The van der Waals surface area contributed by atoms with Gasteiger partial charge in [-0.1, -0.05) is 140 Å². The fourth-order valence-electron chi connectivity index (χ4n) is 9.05. The first-order valence-electron chi connectivity index (χ1n) is 18.9. The van der Waals surface area contributed by atoms with E-state index in [1.165, 1.54) is 84.1 Å². The Morgan fingerprint density at radius 3 is 1.45 bits per heavy atom. The Kier molecular flexibility index (Phi) is 7.01. The van der Waals surface area contributed by atoms with Gasteiger partial charge in [-0.2, -0.15) is 0 Å². The monoisotopic (exact) mass is 766 g/mol. The fourth-order valence-corrected chi connectivity index (χ4v) is 14.0. The van der Waals surface area contributed by atoms with Gasteiger partial charge in [0, 0.05) is 56.3 Å². The Balaban J connectivity index is 1.04. The Labute approximate surface area is 331 Å². The van der Waals surface area contributed by atoms with Gasteiger partial charge in [0.25, 0.3) is 0 Å². The van der Waals surface area contributed by atoms with Crippen molar-refractivity contribution in [3.63, 3.8) is 0 Å². The minimum Gasteiger partial charge on any atom is -0.309 e. The summed E-state index contributed by atoms with van der Waals surface area (Å²) in [7, 11) is -3.19. The van der Waals surface area contributed by atoms with Crippen LogP contribution >= 0.6 is 29.8 Å². The molecule has 10 aromatic carbocycles. The van der Waals surface area contributed by atoms with Gasteiger partial charge in [-0.25, -0.2) is 0 Å². The molecule has 0 saturated carbocycles. The van der Waals surface area contributed by atoms with Crippen LogP contribution in [0.25, 0.3) is 94.9 Å². The van der Waals surface area contributed by atoms with Crippen LogP contribution in [0.2, 0.25) is 0 Å². The van der Waals surface area contributed by atoms with Gasteiger partial charge in [0.1, 0.15) is 0 Å². The van der Waals surface area contributed by atoms with Crippen molar-refractivity contribution in [3.8, 4) is 22.3 Å². The minimum absolute atomic E-state index is 0.849. The molecule has 262 valence electrons. The second-order valence-electron chi connectivity index (χ2n) is 14.7. The number of thiophene rings is 2. The molecule has 0 saturated heterocycles. The first-order valence-corrected chi connectivity index (χ1v) is 22.3. The lowest BCUT2D eigenvalue weighted by Gasteiger charge is -2.23. The van der Waals surface area contributed by atoms with Crippen molar-refractivity contribution in [1.29, 1.82) is 0 Å². The Morgan fingerprint density at radius 1 is 0.339 bits per heavy atom. The summed E-state index contributed by atoms with van der Waals surface area (Å²) in [6, 6.07) is 67.3. The van der Waals surface area contributed by atoms with Crippen molar-refractivity contribution in [3.05, 3.63) is 188 Å². The zero-order chi connectivity index (χ0) is 37.0. The molecule has 12 aromatic rings. The Morgan fingerprint density at radius 2 is 0.804 bits per heavy atom. The SMILES string of the molecule is O=P(c1ccccc1)(c1ccccc1)c1ccc2ccc3c(-c4ccc5sc6ccc(-c7ccc8sc9ccccc9c8c7)cc6c5c4)ccc4ccc1c2c43. The van der Waals surface area contributed by atoms with E-state index in [1.807, 2.05) is 83.3 Å². The molecule has 0 atom stereocenters. The van der Waals surface area contributed by atoms with E-state index < -0.39 is 7.14 Å². The average molecular weight is 767 g/mol. The van der Waals surface area contributed by atoms with Crippen molar-refractivity contribution < 1.29 is 4.57 Å². The lowest BCUT2D eigenvalue weighted by atomic mass is 9.89. The maximum absolute atomic E-state index is 15.7. The highest BCUT2D eigenvalue weighted by Crippen LogP contribution is 2.48. The zero-order valence-electron chi connectivity index (χ0n) is 30.1. The van der Waals surface area contributed by atoms with Gasteiger partial charge in [-0.15, -0.1) is 22.7 Å². The number of benzene rings is 10. The molecule has 0 bridgehead atoms. The lowest BCUT2D eigenvalue weighted by molar-refractivity contribution is 0.592. The van der Waals surface area contributed by atoms with Crippen molar-refractivity contribution in [2.24, 2.45) is 0 Å². The molecule has 0 fully saturated rings. The van der Waals surface area contributed by atoms with Gasteiger partial charge in [0.05, 0.1) is 0 Å². The Hall–Kier alpha value is -6.09. The average Bonchev–Trinajstić information content (AvgIpc) is 3.83. The second-order valence-corrected chi connectivity index (χ2v) is 19.6. The van der Waals surface area contributed by atoms with E-state index in [0.717, 1.165) is 26.7 Å². The van der Waals surface area contributed by atoms with E-state index in [-0.39, 0.29) is 0 Å². The molecule has 4 heteroatoms. The van der Waals surface area contributed by atoms with E-state index >= 15 is 4.57 Å². The molecule has 0 aliphatic carbocycles. The zero-order valence-corrected chi connectivity index (χ0v) is 32.6. The summed E-state index contributed by atoms with van der Waals surface area (Å²) >= 11 is 3.72. The first kappa shape index (κ1) is 32.2. The van der Waals surface area contributed by atoms with Gasteiger partial charge in [-0.3, -0.25) is 0 Å². The molecule has 0 radical (unpaired) electrons. The van der Waals surface area contributed by atoms with Crippen LogP contribution < -0.4 is 15.9 Å². The highest BCUT2D eigenvalue weighted by atomic mass is 32.1. The molecular formula is C52H31OPS2. The van der Waals surface area contributed by atoms with E-state index in [2.05, 4.69) is 127 Å². The molecular weight excluding hydrogens is 736 g/mol. The predicted octanol–water partition coefficient (Wildman–Crippen LogP) is 14.3. The number of hydrogen-bond donors (Lipinski definition) is 0. The third kappa shape index (κ3) is 4.69. The van der Waals surface area contributed by atoms with Crippen molar-refractivity contribution >= 4 is 118 Å². The molecule has 0 aliphatic rings. The minimum atomic E-state index is -3.19. The molecule has 2 aromatic heterocycles. The van der Waals surface area contributed by atoms with E-state index in [4.69, 9.17) is 0 Å². The topological polar surface area (TPSA) is 17.1 Å². The maximum Gasteiger partial charge on any atom is 0.171 e. The summed E-state index contributed by atoms with van der Waals surface area (Å²) in [4.78, 5) is 0. The second kappa shape index (κ2) is 12.2. The quantitative estimate of drug-likeness (QED) is 0.126. The first-order chi connectivity index (χ1) is 27.6. The molecule has 0 unspecified atom stereocenters. The summed E-state index contributed by atoms with van der Waals surface area (Å²) in [5.74, 6) is 0. The highest BCUT2D eigenvalue weighted by Gasteiger charge is 2.32. The smallest absolute Gasteiger partial charge is 0.171 e. The summed E-state index contributed by atoms with van der Waals surface area (Å²) < 4.78 is 20.9. The predicted molar refractivity (Wildman–Crippen MR) is 246 cm³/mol. The number of rotatable bonds is 5. The standard InChI is InChI=1S/C52H31OPS2/c53-54(37-9-3-1-4-10-37,38-11-5-2-6-12-38)46-25-18-33-16-23-41-39(22-15-32-17-24-42(46)52(33)51(32)41)36-21-28-50-45(31-36)44-30-35(20-27-49(44)56-50)34-19-26-48-43(29-34)40-13-7-8-14-47(40)55-48/h1-31H. The summed E-state index contributed by atoms with van der Waals surface area (Å²) in [5.41, 5.74) is 4.89. The lowest BCUT2D eigenvalue weighted by Crippen LogP contribution is -2.25. The third-order valence-electron chi connectivity index (χ3n) is 11.7. The van der Waals surface area contributed by atoms with Crippen molar-refractivity contribution in [1.82, 2.24) is 0 Å². The van der Waals surface area contributed by atoms with Crippen LogP contribution in [0.5, 0.6) is 0 Å². The normalized spacial score (nSPS) is 12.4. The van der Waals surface area contributed by atoms with E-state index in [9.17, 15) is 0 Å². The van der Waals surface area contributed by atoms with Crippen LogP contribution in [-0.2, 0) is 4.57 Å².